The summed E-state index contributed by atoms with van der Waals surface area (Å²) in [5.74, 6) is -0.523. The van der Waals surface area contributed by atoms with E-state index in [-0.39, 0.29) is 18.4 Å². The van der Waals surface area contributed by atoms with Gasteiger partial charge in [0.05, 0.1) is 0 Å². The smallest absolute Gasteiger partial charge is 0.251 e. The molecular formula is C22H42N6O4. The van der Waals surface area contributed by atoms with Crippen LogP contribution < -0.4 is 21.4 Å². The summed E-state index contributed by atoms with van der Waals surface area (Å²) in [5.41, 5.74) is 1.71. The van der Waals surface area contributed by atoms with E-state index in [0.717, 1.165) is 25.7 Å². The number of allylic oxidation sites excluding steroid dienone is 1. The van der Waals surface area contributed by atoms with Crippen LogP contribution in [0.25, 0.3) is 0 Å². The molecule has 0 fully saturated rings. The fourth-order valence-electron chi connectivity index (χ4n) is 2.98. The van der Waals surface area contributed by atoms with Crippen molar-refractivity contribution in [3.63, 3.8) is 0 Å². The predicted octanol–water partition coefficient (Wildman–Crippen LogP) is 3.03. The number of nitrogens with zero attached hydrogens (tertiary/aromatic N) is 1. The van der Waals surface area contributed by atoms with Crippen molar-refractivity contribution in [2.45, 2.75) is 91.0 Å². The third kappa shape index (κ3) is 18.1. The zero-order valence-electron chi connectivity index (χ0n) is 19.9. The highest BCUT2D eigenvalue weighted by atomic mass is 16.7. The van der Waals surface area contributed by atoms with Gasteiger partial charge in [0.1, 0.15) is 6.04 Å². The molecular weight excluding hydrogens is 412 g/mol. The normalized spacial score (nSPS) is 11.9. The molecule has 32 heavy (non-hydrogen) atoms. The number of hydrogen-bond donors (Lipinski definition) is 5. The van der Waals surface area contributed by atoms with Crippen LogP contribution in [0.5, 0.6) is 0 Å². The van der Waals surface area contributed by atoms with Gasteiger partial charge in [0.15, 0.2) is 5.03 Å². The maximum atomic E-state index is 12.5. The summed E-state index contributed by atoms with van der Waals surface area (Å²) in [6.45, 7) is 7.12. The van der Waals surface area contributed by atoms with Crippen LogP contribution in [-0.2, 0) is 9.59 Å². The van der Waals surface area contributed by atoms with Crippen LogP contribution in [0.15, 0.2) is 12.2 Å². The minimum absolute atomic E-state index is 0.248. The maximum Gasteiger partial charge on any atom is 0.251 e. The SMILES string of the molecule is CCCCCCCCC=CC(=O)N[C@@H](CCCNC(=N)N[N+](=O)[O-])C(=O)NCCC(C)C. The van der Waals surface area contributed by atoms with Crippen molar-refractivity contribution in [2.24, 2.45) is 5.92 Å². The van der Waals surface area contributed by atoms with E-state index >= 15 is 0 Å². The van der Waals surface area contributed by atoms with Crippen molar-refractivity contribution in [1.82, 2.24) is 21.4 Å². The number of nitro groups is 1. The number of carbonyl (C=O) groups is 2. The third-order valence-corrected chi connectivity index (χ3v) is 4.82. The summed E-state index contributed by atoms with van der Waals surface area (Å²) in [4.78, 5) is 35.1. The average Bonchev–Trinajstić information content (AvgIpc) is 2.71. The quantitative estimate of drug-likeness (QED) is 0.0536. The van der Waals surface area contributed by atoms with Crippen LogP contribution in [-0.4, -0.2) is 41.9 Å². The second-order valence-corrected chi connectivity index (χ2v) is 8.31. The van der Waals surface area contributed by atoms with Gasteiger partial charge in [-0.05, 0) is 44.1 Å². The van der Waals surface area contributed by atoms with E-state index < -0.39 is 17.0 Å². The molecule has 0 saturated carbocycles. The number of amides is 2. The van der Waals surface area contributed by atoms with E-state index in [0.29, 0.717) is 25.3 Å². The van der Waals surface area contributed by atoms with Gasteiger partial charge in [-0.15, -0.1) is 0 Å². The number of nitrogens with one attached hydrogen (secondary N) is 5. The van der Waals surface area contributed by atoms with Crippen molar-refractivity contribution in [2.75, 3.05) is 13.1 Å². The fourth-order valence-corrected chi connectivity index (χ4v) is 2.98. The van der Waals surface area contributed by atoms with Crippen LogP contribution in [0, 0.1) is 21.4 Å². The second-order valence-electron chi connectivity index (χ2n) is 8.31. The topological polar surface area (TPSA) is 149 Å². The van der Waals surface area contributed by atoms with Crippen molar-refractivity contribution in [1.29, 1.82) is 5.41 Å². The van der Waals surface area contributed by atoms with Gasteiger partial charge in [0, 0.05) is 13.1 Å². The Bertz CT molecular complexity index is 595. The summed E-state index contributed by atoms with van der Waals surface area (Å²) >= 11 is 0. The Morgan fingerprint density at radius 2 is 1.69 bits per heavy atom. The first kappa shape index (κ1) is 29.4. The maximum absolute atomic E-state index is 12.5. The van der Waals surface area contributed by atoms with Gasteiger partial charge in [-0.25, -0.2) is 10.1 Å². The third-order valence-electron chi connectivity index (χ3n) is 4.82. The Kier molecular flexibility index (Phi) is 17.5. The number of rotatable bonds is 18. The predicted molar refractivity (Wildman–Crippen MR) is 127 cm³/mol. The molecule has 0 unspecified atom stereocenters. The number of guanidine groups is 1. The molecule has 0 aromatic heterocycles. The summed E-state index contributed by atoms with van der Waals surface area (Å²) in [6.07, 6.45) is 13.0. The van der Waals surface area contributed by atoms with Crippen LogP contribution in [0.3, 0.4) is 0 Å². The average molecular weight is 455 g/mol. The summed E-state index contributed by atoms with van der Waals surface area (Å²) < 4.78 is 0. The molecule has 0 aliphatic heterocycles. The van der Waals surface area contributed by atoms with Crippen LogP contribution in [0.2, 0.25) is 0 Å². The Hall–Kier alpha value is -2.65. The van der Waals surface area contributed by atoms with E-state index in [1.165, 1.54) is 31.8 Å². The molecule has 10 heteroatoms. The number of hydrogen-bond acceptors (Lipinski definition) is 5. The Labute approximate surface area is 192 Å². The van der Waals surface area contributed by atoms with Crippen LogP contribution >= 0.6 is 0 Å². The van der Waals surface area contributed by atoms with Crippen molar-refractivity contribution in [3.8, 4) is 0 Å². The molecule has 0 rings (SSSR count). The van der Waals surface area contributed by atoms with Crippen molar-refractivity contribution < 1.29 is 14.6 Å². The number of hydrazine groups is 1. The van der Waals surface area contributed by atoms with Gasteiger partial charge in [-0.2, -0.15) is 0 Å². The number of unbranched alkanes of at least 4 members (excludes halogenated alkanes) is 6. The van der Waals surface area contributed by atoms with Gasteiger partial charge in [-0.3, -0.25) is 15.0 Å². The van der Waals surface area contributed by atoms with Gasteiger partial charge < -0.3 is 16.0 Å². The molecule has 0 aromatic rings. The molecule has 1 atom stereocenters. The first-order chi connectivity index (χ1) is 15.3. The lowest BCUT2D eigenvalue weighted by Gasteiger charge is -2.18. The standard InChI is InChI=1S/C22H42N6O4/c1-4-5-6-7-8-9-10-11-14-20(29)26-19(21(30)24-17-15-18(2)3)13-12-16-25-22(23)27-28(31)32/h11,14,18-19H,4-10,12-13,15-17H2,1-3H3,(H,24,30)(H,26,29)(H3,23,25,27)/t19-/m0/s1. The van der Waals surface area contributed by atoms with Gasteiger partial charge in [0.25, 0.3) is 5.96 Å². The van der Waals surface area contributed by atoms with E-state index in [1.807, 2.05) is 6.08 Å². The largest absolute Gasteiger partial charge is 0.354 e. The lowest BCUT2D eigenvalue weighted by Crippen LogP contribution is -2.47. The monoisotopic (exact) mass is 454 g/mol. The molecule has 0 aromatic carbocycles. The first-order valence-electron chi connectivity index (χ1n) is 11.7. The Morgan fingerprint density at radius 1 is 1.00 bits per heavy atom. The van der Waals surface area contributed by atoms with E-state index in [9.17, 15) is 19.7 Å². The van der Waals surface area contributed by atoms with Crippen molar-refractivity contribution in [3.05, 3.63) is 22.3 Å². The molecule has 0 heterocycles. The highest BCUT2D eigenvalue weighted by Crippen LogP contribution is 2.07. The molecule has 0 radical (unpaired) electrons. The van der Waals surface area contributed by atoms with E-state index in [4.69, 9.17) is 5.41 Å². The summed E-state index contributed by atoms with van der Waals surface area (Å²) in [7, 11) is 0. The minimum Gasteiger partial charge on any atom is -0.354 e. The minimum atomic E-state index is -0.821. The lowest BCUT2D eigenvalue weighted by atomic mass is 10.1. The number of carbonyl (C=O) groups excluding carboxylic acids is 2. The van der Waals surface area contributed by atoms with E-state index in [2.05, 4.69) is 36.7 Å². The highest BCUT2D eigenvalue weighted by molar-refractivity contribution is 5.92. The highest BCUT2D eigenvalue weighted by Gasteiger charge is 2.19. The fraction of sp³-hybridized carbons (Fsp3) is 0.773. The van der Waals surface area contributed by atoms with Crippen LogP contribution in [0.1, 0.15) is 85.0 Å². The molecule has 0 saturated heterocycles. The lowest BCUT2D eigenvalue weighted by molar-refractivity contribution is -0.525. The van der Waals surface area contributed by atoms with E-state index in [1.54, 1.807) is 5.43 Å². The Balaban J connectivity index is 4.47. The van der Waals surface area contributed by atoms with Gasteiger partial charge in [0.2, 0.25) is 11.8 Å². The Morgan fingerprint density at radius 3 is 2.34 bits per heavy atom. The molecule has 184 valence electrons. The molecule has 0 aliphatic carbocycles. The molecule has 0 bridgehead atoms. The zero-order valence-corrected chi connectivity index (χ0v) is 19.9. The molecule has 5 N–H and O–H groups in total. The van der Waals surface area contributed by atoms with Crippen molar-refractivity contribution >= 4 is 17.8 Å². The second kappa shape index (κ2) is 19.1. The molecule has 10 nitrogen and oxygen atoms in total. The molecule has 0 aliphatic rings. The summed E-state index contributed by atoms with van der Waals surface area (Å²) in [6, 6.07) is -0.701. The molecule has 0 spiro atoms. The zero-order chi connectivity index (χ0) is 24.2. The molecule has 2 amide bonds. The van der Waals surface area contributed by atoms with Gasteiger partial charge in [-0.1, -0.05) is 64.4 Å². The van der Waals surface area contributed by atoms with Crippen LogP contribution in [0.4, 0.5) is 0 Å². The summed E-state index contributed by atoms with van der Waals surface area (Å²) in [5, 5.41) is 25.0. The van der Waals surface area contributed by atoms with Gasteiger partial charge >= 0.3 is 0 Å². The first-order valence-corrected chi connectivity index (χ1v) is 11.7.